The van der Waals surface area contributed by atoms with Crippen LogP contribution in [0.4, 0.5) is 0 Å². The van der Waals surface area contributed by atoms with Gasteiger partial charge in [-0.3, -0.25) is 4.18 Å². The van der Waals surface area contributed by atoms with Gasteiger partial charge < -0.3 is 9.84 Å². The Morgan fingerprint density at radius 2 is 1.41 bits per heavy atom. The SMILES string of the molecule is CCCCCCCCCCCCCC(=[SiH2])[C@H](OS(C)(=O)=O)[C@@H](OC(C)(C)C)[C@@H](N=[N+]=[N-])C(O)C(C)(C)C. The van der Waals surface area contributed by atoms with Crippen molar-refractivity contribution < 1.29 is 22.4 Å². The van der Waals surface area contributed by atoms with Crippen LogP contribution >= 0.6 is 0 Å². The van der Waals surface area contributed by atoms with Gasteiger partial charge >= 0.3 is 0 Å². The smallest absolute Gasteiger partial charge is 0.265 e. The maximum absolute atomic E-state index is 12.3. The Hall–Kier alpha value is -0.773. The Morgan fingerprint density at radius 3 is 1.78 bits per heavy atom. The van der Waals surface area contributed by atoms with Crippen molar-refractivity contribution >= 4 is 25.1 Å². The van der Waals surface area contributed by atoms with Gasteiger partial charge in [-0.1, -0.05) is 102 Å². The van der Waals surface area contributed by atoms with E-state index in [9.17, 15) is 19.1 Å². The molecule has 0 aromatic heterocycles. The zero-order valence-electron chi connectivity index (χ0n) is 24.8. The van der Waals surface area contributed by atoms with Gasteiger partial charge in [0.05, 0.1) is 24.0 Å². The van der Waals surface area contributed by atoms with Crippen LogP contribution in [0.25, 0.3) is 10.4 Å². The van der Waals surface area contributed by atoms with Crippen molar-refractivity contribution in [2.24, 2.45) is 10.5 Å². The predicted octanol–water partition coefficient (Wildman–Crippen LogP) is 6.11. The molecule has 10 heteroatoms. The van der Waals surface area contributed by atoms with E-state index in [2.05, 4.69) is 16.9 Å². The molecule has 0 saturated carbocycles. The van der Waals surface area contributed by atoms with Gasteiger partial charge in [-0.2, -0.15) is 8.42 Å². The highest BCUT2D eigenvalue weighted by molar-refractivity contribution is 7.86. The molecular weight excluding hydrogens is 506 g/mol. The molecule has 0 rings (SSSR count). The van der Waals surface area contributed by atoms with Crippen molar-refractivity contribution in [3.63, 3.8) is 0 Å². The van der Waals surface area contributed by atoms with Crippen molar-refractivity contribution in [1.29, 1.82) is 0 Å². The summed E-state index contributed by atoms with van der Waals surface area (Å²) in [7, 11) is -2.24. The monoisotopic (exact) mass is 561 g/mol. The van der Waals surface area contributed by atoms with Gasteiger partial charge in [0.1, 0.15) is 12.2 Å². The fourth-order valence-corrected chi connectivity index (χ4v) is 5.61. The summed E-state index contributed by atoms with van der Waals surface area (Å²) in [4.78, 5) is 2.96. The number of hydrogen-bond acceptors (Lipinski definition) is 6. The maximum Gasteiger partial charge on any atom is 0.265 e. The number of unbranched alkanes of at least 4 members (excludes halogenated alkanes) is 10. The second-order valence-corrected chi connectivity index (χ2v) is 14.9. The lowest BCUT2D eigenvalue weighted by molar-refractivity contribution is -0.122. The predicted molar refractivity (Wildman–Crippen MR) is 157 cm³/mol. The van der Waals surface area contributed by atoms with E-state index in [4.69, 9.17) is 8.92 Å². The summed E-state index contributed by atoms with van der Waals surface area (Å²) in [6.45, 7) is 13.3. The largest absolute Gasteiger partial charge is 0.392 e. The van der Waals surface area contributed by atoms with Crippen LogP contribution in [0.2, 0.25) is 0 Å². The van der Waals surface area contributed by atoms with Crippen LogP contribution in [0.3, 0.4) is 0 Å². The molecule has 0 radical (unpaired) electrons. The van der Waals surface area contributed by atoms with Crippen molar-refractivity contribution in [2.45, 2.75) is 155 Å². The number of aliphatic hydroxyl groups excluding tert-OH is 1. The molecule has 4 atom stereocenters. The van der Waals surface area contributed by atoms with Gasteiger partial charge in [-0.25, -0.2) is 0 Å². The van der Waals surface area contributed by atoms with E-state index in [1.807, 2.05) is 41.5 Å². The molecule has 0 aromatic rings. The summed E-state index contributed by atoms with van der Waals surface area (Å²) in [5, 5.41) is 15.8. The number of ether oxygens (including phenoxy) is 1. The highest BCUT2D eigenvalue weighted by Gasteiger charge is 2.43. The number of rotatable bonds is 20. The second-order valence-electron chi connectivity index (χ2n) is 12.4. The Balaban J connectivity index is 5.41. The minimum atomic E-state index is -3.85. The third-order valence-corrected chi connectivity index (χ3v) is 7.62. The molecule has 0 heterocycles. The minimum Gasteiger partial charge on any atom is -0.392 e. The van der Waals surface area contributed by atoms with Crippen LogP contribution in [0, 0.1) is 5.41 Å². The van der Waals surface area contributed by atoms with E-state index >= 15 is 0 Å². The molecule has 0 aromatic carbocycles. The first-order chi connectivity index (χ1) is 17.0. The average Bonchev–Trinajstić information content (AvgIpc) is 2.75. The molecule has 8 nitrogen and oxygen atoms in total. The molecule has 0 aliphatic rings. The molecule has 0 spiro atoms. The third-order valence-electron chi connectivity index (χ3n) is 6.30. The van der Waals surface area contributed by atoms with E-state index in [1.165, 1.54) is 51.4 Å². The van der Waals surface area contributed by atoms with Crippen molar-refractivity contribution in [1.82, 2.24) is 0 Å². The Labute approximate surface area is 230 Å². The van der Waals surface area contributed by atoms with Crippen LogP contribution < -0.4 is 0 Å². The Kier molecular flexibility index (Phi) is 17.4. The zero-order valence-corrected chi connectivity index (χ0v) is 27.1. The summed E-state index contributed by atoms with van der Waals surface area (Å²) in [5.74, 6) is 0. The van der Waals surface area contributed by atoms with Crippen LogP contribution in [0.15, 0.2) is 5.11 Å². The van der Waals surface area contributed by atoms with E-state index in [0.29, 0.717) is 6.42 Å². The molecule has 37 heavy (non-hydrogen) atoms. The van der Waals surface area contributed by atoms with Crippen LogP contribution in [-0.2, 0) is 19.0 Å². The third kappa shape index (κ3) is 17.4. The molecule has 0 saturated heterocycles. The number of aliphatic hydroxyl groups is 1. The Bertz CT molecular complexity index is 802. The molecule has 0 aliphatic carbocycles. The van der Waals surface area contributed by atoms with E-state index < -0.39 is 45.5 Å². The fourth-order valence-electron chi connectivity index (χ4n) is 4.30. The molecular formula is C27H55N3O5SSi. The van der Waals surface area contributed by atoms with Gasteiger partial charge in [-0.05, 0) is 54.4 Å². The molecule has 0 amide bonds. The number of nitrogens with zero attached hydrogens (tertiary/aromatic N) is 3. The minimum absolute atomic E-state index is 0.625. The molecule has 0 aliphatic heterocycles. The Morgan fingerprint density at radius 1 is 0.946 bits per heavy atom. The second kappa shape index (κ2) is 17.7. The summed E-state index contributed by atoms with van der Waals surface area (Å²) >= 11 is 0. The number of azide groups is 1. The van der Waals surface area contributed by atoms with E-state index in [-0.39, 0.29) is 0 Å². The standard InChI is InChI=1S/C27H55N3O5SSi/c1-9-10-11-12-13-14-15-16-17-18-19-20-21(37)23(35-36(8,32)33)24(34-27(5,6)7)22(29-30-28)25(31)26(2,3)4/h22-25,31H,9-20,37H2,1-8H3/t22-,23+,24+,25?/m1/s1. The highest BCUT2D eigenvalue weighted by Crippen LogP contribution is 2.31. The number of hydrogen-bond donors (Lipinski definition) is 1. The van der Waals surface area contributed by atoms with Gasteiger partial charge in [0, 0.05) is 4.91 Å². The molecule has 1 N–H and O–H groups in total. The van der Waals surface area contributed by atoms with E-state index in [1.54, 1.807) is 9.85 Å². The zero-order chi connectivity index (χ0) is 28.7. The van der Waals surface area contributed by atoms with Crippen LogP contribution in [0.5, 0.6) is 0 Å². The van der Waals surface area contributed by atoms with Gasteiger partial charge in [0.2, 0.25) is 0 Å². The first-order valence-corrected chi connectivity index (χ1v) is 16.5. The summed E-state index contributed by atoms with van der Waals surface area (Å²) in [6, 6.07) is -1.03. The lowest BCUT2D eigenvalue weighted by Gasteiger charge is -2.41. The first kappa shape index (κ1) is 36.2. The van der Waals surface area contributed by atoms with E-state index in [0.717, 1.165) is 30.7 Å². The topological polar surface area (TPSA) is 122 Å². The highest BCUT2D eigenvalue weighted by atomic mass is 32.2. The van der Waals surface area contributed by atoms with Gasteiger partial charge in [-0.15, -0.1) is 0 Å². The van der Waals surface area contributed by atoms with Crippen molar-refractivity contribution in [3.8, 4) is 0 Å². The average molecular weight is 562 g/mol. The molecule has 1 unspecified atom stereocenters. The van der Waals surface area contributed by atoms with Crippen molar-refractivity contribution in [3.05, 3.63) is 10.4 Å². The summed E-state index contributed by atoms with van der Waals surface area (Å²) < 4.78 is 36.4. The lowest BCUT2D eigenvalue weighted by atomic mass is 9.81. The maximum atomic E-state index is 12.3. The van der Waals surface area contributed by atoms with Crippen LogP contribution in [-0.4, -0.2) is 64.8 Å². The molecule has 218 valence electrons. The molecule has 0 fully saturated rings. The fraction of sp³-hybridized carbons (Fsp3) is 0.963. The summed E-state index contributed by atoms with van der Waals surface area (Å²) in [5.41, 5.74) is 7.98. The summed E-state index contributed by atoms with van der Waals surface area (Å²) in [6.07, 6.45) is 12.2. The van der Waals surface area contributed by atoms with Gasteiger partial charge in [0.25, 0.3) is 10.1 Å². The normalized spacial score (nSPS) is 16.0. The first-order valence-electron chi connectivity index (χ1n) is 14.0. The van der Waals surface area contributed by atoms with Crippen LogP contribution in [0.1, 0.15) is 126 Å². The molecule has 0 bridgehead atoms. The van der Waals surface area contributed by atoms with Crippen molar-refractivity contribution in [2.75, 3.05) is 6.26 Å². The van der Waals surface area contributed by atoms with Gasteiger partial charge in [0.15, 0.2) is 0 Å². The quantitative estimate of drug-likeness (QED) is 0.0480. The lowest BCUT2D eigenvalue weighted by Crippen LogP contribution is -2.55.